The second-order valence-corrected chi connectivity index (χ2v) is 5.39. The number of hydrogen-bond acceptors (Lipinski definition) is 3. The maximum Gasteiger partial charge on any atom is 0.335 e. The summed E-state index contributed by atoms with van der Waals surface area (Å²) in [5.41, 5.74) is 0.142. The number of amides is 1. The van der Waals surface area contributed by atoms with E-state index in [0.717, 1.165) is 0 Å². The van der Waals surface area contributed by atoms with E-state index in [9.17, 15) is 19.5 Å². The van der Waals surface area contributed by atoms with Crippen LogP contribution in [0.4, 0.5) is 5.69 Å². The van der Waals surface area contributed by atoms with Gasteiger partial charge in [-0.3, -0.25) is 9.59 Å². The van der Waals surface area contributed by atoms with Gasteiger partial charge in [-0.1, -0.05) is 23.8 Å². The van der Waals surface area contributed by atoms with Crippen molar-refractivity contribution in [3.63, 3.8) is 0 Å². The molecule has 0 unspecified atom stereocenters. The Balaban J connectivity index is 2.21. The fourth-order valence-corrected chi connectivity index (χ4v) is 2.52. The van der Waals surface area contributed by atoms with Gasteiger partial charge in [0.05, 0.1) is 28.1 Å². The quantitative estimate of drug-likeness (QED) is 0.739. The van der Waals surface area contributed by atoms with Crippen molar-refractivity contribution < 1.29 is 24.6 Å². The van der Waals surface area contributed by atoms with E-state index in [0.29, 0.717) is 6.42 Å². The van der Waals surface area contributed by atoms with Crippen LogP contribution in [0.15, 0.2) is 30.4 Å². The first-order valence-corrected chi connectivity index (χ1v) is 6.99. The van der Waals surface area contributed by atoms with Gasteiger partial charge in [0.15, 0.2) is 0 Å². The molecule has 1 aromatic carbocycles. The molecule has 1 aliphatic carbocycles. The molecule has 2 rings (SSSR count). The predicted octanol–water partition coefficient (Wildman–Crippen LogP) is 2.64. The zero-order valence-electron chi connectivity index (χ0n) is 11.5. The molecule has 2 atom stereocenters. The van der Waals surface area contributed by atoms with E-state index in [1.54, 1.807) is 12.2 Å². The Morgan fingerprint density at radius 3 is 2.32 bits per heavy atom. The summed E-state index contributed by atoms with van der Waals surface area (Å²) >= 11 is 5.94. The topological polar surface area (TPSA) is 104 Å². The van der Waals surface area contributed by atoms with Gasteiger partial charge in [0.25, 0.3) is 0 Å². The largest absolute Gasteiger partial charge is 0.481 e. The molecule has 6 nitrogen and oxygen atoms in total. The standard InChI is InChI=1S/C15H14ClNO5/c16-11-6-5-8(14(19)20)7-12(11)17-13(18)9-3-1-2-4-10(9)15(21)22/h1-2,5-7,9-10H,3-4H2,(H,17,18)(H,19,20)(H,21,22)/t9-,10-/m1/s1. The summed E-state index contributed by atoms with van der Waals surface area (Å²) in [4.78, 5) is 34.5. The number of benzene rings is 1. The lowest BCUT2D eigenvalue weighted by atomic mass is 9.82. The number of carbonyl (C=O) groups excluding carboxylic acids is 1. The molecule has 0 fully saturated rings. The summed E-state index contributed by atoms with van der Waals surface area (Å²) in [6.45, 7) is 0. The summed E-state index contributed by atoms with van der Waals surface area (Å²) < 4.78 is 0. The third-order valence-electron chi connectivity index (χ3n) is 3.56. The molecule has 1 aromatic rings. The normalized spacial score (nSPS) is 20.4. The molecule has 0 bridgehead atoms. The van der Waals surface area contributed by atoms with Crippen molar-refractivity contribution in [3.05, 3.63) is 40.9 Å². The summed E-state index contributed by atoms with van der Waals surface area (Å²) in [7, 11) is 0. The van der Waals surface area contributed by atoms with Crippen LogP contribution in [0.1, 0.15) is 23.2 Å². The Bertz CT molecular complexity index is 655. The van der Waals surface area contributed by atoms with Crippen LogP contribution < -0.4 is 5.32 Å². The molecule has 7 heteroatoms. The average Bonchev–Trinajstić information content (AvgIpc) is 2.49. The number of aromatic carboxylic acids is 1. The van der Waals surface area contributed by atoms with Crippen molar-refractivity contribution >= 4 is 35.1 Å². The van der Waals surface area contributed by atoms with E-state index < -0.39 is 29.7 Å². The number of aliphatic carboxylic acids is 1. The second-order valence-electron chi connectivity index (χ2n) is 4.98. The van der Waals surface area contributed by atoms with Crippen LogP contribution in [-0.4, -0.2) is 28.1 Å². The number of anilines is 1. The van der Waals surface area contributed by atoms with Crippen molar-refractivity contribution in [2.45, 2.75) is 12.8 Å². The smallest absolute Gasteiger partial charge is 0.335 e. The van der Waals surface area contributed by atoms with E-state index in [-0.39, 0.29) is 22.7 Å². The van der Waals surface area contributed by atoms with Crippen LogP contribution in [0.2, 0.25) is 5.02 Å². The zero-order valence-corrected chi connectivity index (χ0v) is 12.2. The fourth-order valence-electron chi connectivity index (χ4n) is 2.36. The maximum absolute atomic E-state index is 12.3. The Kier molecular flexibility index (Phi) is 4.82. The number of carbonyl (C=O) groups is 3. The van der Waals surface area contributed by atoms with Gasteiger partial charge < -0.3 is 15.5 Å². The molecule has 0 radical (unpaired) electrons. The van der Waals surface area contributed by atoms with Crippen molar-refractivity contribution in [2.75, 3.05) is 5.32 Å². The van der Waals surface area contributed by atoms with Gasteiger partial charge in [-0.2, -0.15) is 0 Å². The van der Waals surface area contributed by atoms with Gasteiger partial charge in [0.1, 0.15) is 0 Å². The molecule has 0 saturated heterocycles. The number of carboxylic acids is 2. The minimum Gasteiger partial charge on any atom is -0.481 e. The first-order chi connectivity index (χ1) is 10.4. The molecule has 1 amide bonds. The number of carboxylic acid groups (broad SMARTS) is 2. The third kappa shape index (κ3) is 3.46. The van der Waals surface area contributed by atoms with Crippen molar-refractivity contribution in [3.8, 4) is 0 Å². The van der Waals surface area contributed by atoms with Gasteiger partial charge in [0, 0.05) is 0 Å². The molecule has 0 aliphatic heterocycles. The molecule has 22 heavy (non-hydrogen) atoms. The fraction of sp³-hybridized carbons (Fsp3) is 0.267. The Hall–Kier alpha value is -2.34. The SMILES string of the molecule is O=C(O)c1ccc(Cl)c(NC(=O)[C@@H]2CC=CC[C@H]2C(=O)O)c1. The second kappa shape index (κ2) is 6.62. The lowest BCUT2D eigenvalue weighted by Crippen LogP contribution is -2.34. The van der Waals surface area contributed by atoms with Crippen LogP contribution in [-0.2, 0) is 9.59 Å². The number of halogens is 1. The first kappa shape index (κ1) is 16.0. The Morgan fingerprint density at radius 1 is 1.09 bits per heavy atom. The number of rotatable bonds is 4. The maximum atomic E-state index is 12.3. The highest BCUT2D eigenvalue weighted by molar-refractivity contribution is 6.33. The van der Waals surface area contributed by atoms with Gasteiger partial charge in [0.2, 0.25) is 5.91 Å². The molecule has 116 valence electrons. The average molecular weight is 324 g/mol. The van der Waals surface area contributed by atoms with Crippen molar-refractivity contribution in [2.24, 2.45) is 11.8 Å². The molecule has 3 N–H and O–H groups in total. The van der Waals surface area contributed by atoms with Crippen LogP contribution in [0, 0.1) is 11.8 Å². The molecule has 0 heterocycles. The highest BCUT2D eigenvalue weighted by Crippen LogP contribution is 2.29. The number of allylic oxidation sites excluding steroid dienone is 2. The lowest BCUT2D eigenvalue weighted by Gasteiger charge is -2.24. The minimum absolute atomic E-state index is 0.0157. The Morgan fingerprint density at radius 2 is 1.73 bits per heavy atom. The van der Waals surface area contributed by atoms with E-state index in [1.165, 1.54) is 18.2 Å². The minimum atomic E-state index is -1.14. The zero-order chi connectivity index (χ0) is 16.3. The van der Waals surface area contributed by atoms with Crippen LogP contribution >= 0.6 is 11.6 Å². The van der Waals surface area contributed by atoms with E-state index in [2.05, 4.69) is 5.32 Å². The summed E-state index contributed by atoms with van der Waals surface area (Å²) in [5, 5.41) is 20.9. The van der Waals surface area contributed by atoms with Crippen molar-refractivity contribution in [1.29, 1.82) is 0 Å². The lowest BCUT2D eigenvalue weighted by molar-refractivity contribution is -0.146. The molecular formula is C15H14ClNO5. The van der Waals surface area contributed by atoms with E-state index in [4.69, 9.17) is 16.7 Å². The van der Waals surface area contributed by atoms with Gasteiger partial charge in [-0.05, 0) is 31.0 Å². The van der Waals surface area contributed by atoms with Crippen LogP contribution in [0.25, 0.3) is 0 Å². The van der Waals surface area contributed by atoms with Gasteiger partial charge in [-0.25, -0.2) is 4.79 Å². The molecule has 0 saturated carbocycles. The summed E-state index contributed by atoms with van der Waals surface area (Å²) in [6, 6.07) is 3.94. The highest BCUT2D eigenvalue weighted by atomic mass is 35.5. The van der Waals surface area contributed by atoms with E-state index in [1.807, 2.05) is 0 Å². The van der Waals surface area contributed by atoms with E-state index >= 15 is 0 Å². The predicted molar refractivity (Wildman–Crippen MR) is 80.0 cm³/mol. The van der Waals surface area contributed by atoms with Crippen molar-refractivity contribution in [1.82, 2.24) is 0 Å². The first-order valence-electron chi connectivity index (χ1n) is 6.61. The van der Waals surface area contributed by atoms with Crippen LogP contribution in [0.5, 0.6) is 0 Å². The van der Waals surface area contributed by atoms with Gasteiger partial charge in [-0.15, -0.1) is 0 Å². The van der Waals surface area contributed by atoms with Crippen LogP contribution in [0.3, 0.4) is 0 Å². The molecule has 1 aliphatic rings. The van der Waals surface area contributed by atoms with Gasteiger partial charge >= 0.3 is 11.9 Å². The Labute approximate surface area is 131 Å². The highest BCUT2D eigenvalue weighted by Gasteiger charge is 2.34. The summed E-state index contributed by atoms with van der Waals surface area (Å²) in [5.74, 6) is -4.18. The monoisotopic (exact) mass is 323 g/mol. The summed E-state index contributed by atoms with van der Waals surface area (Å²) in [6.07, 6.45) is 4.11. The number of nitrogens with one attached hydrogen (secondary N) is 1. The molecule has 0 aromatic heterocycles. The molecule has 0 spiro atoms. The molecular weight excluding hydrogens is 310 g/mol. The number of hydrogen-bond donors (Lipinski definition) is 3. The third-order valence-corrected chi connectivity index (χ3v) is 3.89.